The minimum atomic E-state index is 0.420. The predicted octanol–water partition coefficient (Wildman–Crippen LogP) is 3.92. The Labute approximate surface area is 118 Å². The monoisotopic (exact) mass is 260 g/mol. The molecule has 0 heterocycles. The number of nitrogens with two attached hydrogens (primary N) is 1. The standard InChI is InChI=1S/C18H16N2/c19-13-18(20-15-9-2-1-3-10-15)17-12-6-8-14-7-4-5-11-16(14)17/h1-12H,13,19H2. The van der Waals surface area contributed by atoms with Crippen molar-refractivity contribution >= 4 is 22.2 Å². The van der Waals surface area contributed by atoms with Crippen LogP contribution in [-0.4, -0.2) is 12.3 Å². The van der Waals surface area contributed by atoms with Gasteiger partial charge in [0.15, 0.2) is 0 Å². The number of nitrogens with zero attached hydrogens (tertiary/aromatic N) is 1. The van der Waals surface area contributed by atoms with Crippen molar-refractivity contribution in [1.29, 1.82) is 0 Å². The second-order valence-corrected chi connectivity index (χ2v) is 4.62. The molecule has 0 aromatic heterocycles. The molecule has 0 aliphatic heterocycles. The number of aliphatic imine (C=N–C) groups is 1. The molecule has 0 spiro atoms. The number of hydrogen-bond acceptors (Lipinski definition) is 2. The Hall–Kier alpha value is -2.45. The van der Waals surface area contributed by atoms with Crippen LogP contribution in [0.1, 0.15) is 5.56 Å². The summed E-state index contributed by atoms with van der Waals surface area (Å²) in [6, 6.07) is 24.5. The summed E-state index contributed by atoms with van der Waals surface area (Å²) in [6.45, 7) is 0.420. The Morgan fingerprint density at radius 3 is 2.30 bits per heavy atom. The lowest BCUT2D eigenvalue weighted by molar-refractivity contribution is 1.29. The molecule has 2 heteroatoms. The van der Waals surface area contributed by atoms with Crippen LogP contribution in [0.2, 0.25) is 0 Å². The maximum Gasteiger partial charge on any atom is 0.0633 e. The van der Waals surface area contributed by atoms with Gasteiger partial charge in [-0.15, -0.1) is 0 Å². The van der Waals surface area contributed by atoms with Crippen LogP contribution in [0.5, 0.6) is 0 Å². The fourth-order valence-electron chi connectivity index (χ4n) is 2.35. The normalized spacial score (nSPS) is 11.8. The molecule has 0 aliphatic carbocycles. The summed E-state index contributed by atoms with van der Waals surface area (Å²) in [7, 11) is 0. The van der Waals surface area contributed by atoms with E-state index in [1.165, 1.54) is 10.8 Å². The Kier molecular flexibility index (Phi) is 3.57. The van der Waals surface area contributed by atoms with Gasteiger partial charge in [0.05, 0.1) is 11.4 Å². The van der Waals surface area contributed by atoms with Gasteiger partial charge in [0.25, 0.3) is 0 Å². The Balaban J connectivity index is 2.15. The summed E-state index contributed by atoms with van der Waals surface area (Å²) in [5, 5.41) is 2.40. The third-order valence-electron chi connectivity index (χ3n) is 3.31. The molecule has 3 aromatic carbocycles. The number of rotatable bonds is 3. The molecule has 2 N–H and O–H groups in total. The lowest BCUT2D eigenvalue weighted by Crippen LogP contribution is -2.15. The van der Waals surface area contributed by atoms with Gasteiger partial charge in [-0.3, -0.25) is 4.99 Å². The molecule has 3 rings (SSSR count). The summed E-state index contributed by atoms with van der Waals surface area (Å²) in [4.78, 5) is 4.69. The van der Waals surface area contributed by atoms with E-state index in [1.807, 2.05) is 48.5 Å². The molecule has 0 saturated carbocycles. The van der Waals surface area contributed by atoms with E-state index in [0.717, 1.165) is 17.0 Å². The van der Waals surface area contributed by atoms with Crippen LogP contribution in [0.4, 0.5) is 5.69 Å². The van der Waals surface area contributed by atoms with E-state index in [2.05, 4.69) is 29.3 Å². The average molecular weight is 260 g/mol. The highest BCUT2D eigenvalue weighted by Gasteiger charge is 2.06. The minimum absolute atomic E-state index is 0.420. The van der Waals surface area contributed by atoms with Gasteiger partial charge >= 0.3 is 0 Å². The molecule has 0 aliphatic rings. The van der Waals surface area contributed by atoms with Crippen LogP contribution >= 0.6 is 0 Å². The van der Waals surface area contributed by atoms with Gasteiger partial charge in [-0.2, -0.15) is 0 Å². The SMILES string of the molecule is NCC(=Nc1ccccc1)c1cccc2ccccc12. The van der Waals surface area contributed by atoms with Gasteiger partial charge in [0.2, 0.25) is 0 Å². The van der Waals surface area contributed by atoms with Crippen LogP contribution in [0, 0.1) is 0 Å². The largest absolute Gasteiger partial charge is 0.325 e. The molecule has 2 nitrogen and oxygen atoms in total. The highest BCUT2D eigenvalue weighted by atomic mass is 14.8. The van der Waals surface area contributed by atoms with Gasteiger partial charge in [-0.05, 0) is 22.9 Å². The average Bonchev–Trinajstić information content (AvgIpc) is 2.53. The van der Waals surface area contributed by atoms with Gasteiger partial charge in [-0.1, -0.05) is 60.7 Å². The highest BCUT2D eigenvalue weighted by molar-refractivity contribution is 6.12. The smallest absolute Gasteiger partial charge is 0.0633 e. The van der Waals surface area contributed by atoms with E-state index in [-0.39, 0.29) is 0 Å². The fourth-order valence-corrected chi connectivity index (χ4v) is 2.35. The minimum Gasteiger partial charge on any atom is -0.325 e. The van der Waals surface area contributed by atoms with Gasteiger partial charge in [-0.25, -0.2) is 0 Å². The van der Waals surface area contributed by atoms with Crippen molar-refractivity contribution in [1.82, 2.24) is 0 Å². The van der Waals surface area contributed by atoms with Crippen molar-refractivity contribution in [3.63, 3.8) is 0 Å². The zero-order chi connectivity index (χ0) is 13.8. The summed E-state index contributed by atoms with van der Waals surface area (Å²) in [5.41, 5.74) is 8.86. The molecule has 0 bridgehead atoms. The van der Waals surface area contributed by atoms with Crippen molar-refractivity contribution in [3.05, 3.63) is 78.4 Å². The predicted molar refractivity (Wildman–Crippen MR) is 85.6 cm³/mol. The van der Waals surface area contributed by atoms with Crippen molar-refractivity contribution in [2.24, 2.45) is 10.7 Å². The van der Waals surface area contributed by atoms with E-state index < -0.39 is 0 Å². The number of hydrogen-bond donors (Lipinski definition) is 1. The summed E-state index contributed by atoms with van der Waals surface area (Å²) >= 11 is 0. The van der Waals surface area contributed by atoms with E-state index in [9.17, 15) is 0 Å². The Morgan fingerprint density at radius 1 is 0.800 bits per heavy atom. The van der Waals surface area contributed by atoms with Crippen LogP contribution < -0.4 is 5.73 Å². The highest BCUT2D eigenvalue weighted by Crippen LogP contribution is 2.21. The molecule has 3 aromatic rings. The topological polar surface area (TPSA) is 38.4 Å². The second kappa shape index (κ2) is 5.68. The maximum absolute atomic E-state index is 5.91. The van der Waals surface area contributed by atoms with Crippen molar-refractivity contribution in [2.75, 3.05) is 6.54 Å². The second-order valence-electron chi connectivity index (χ2n) is 4.62. The van der Waals surface area contributed by atoms with Gasteiger partial charge in [0.1, 0.15) is 0 Å². The molecule has 0 radical (unpaired) electrons. The van der Waals surface area contributed by atoms with E-state index in [0.29, 0.717) is 6.54 Å². The summed E-state index contributed by atoms with van der Waals surface area (Å²) in [5.74, 6) is 0. The number of benzene rings is 3. The lowest BCUT2D eigenvalue weighted by Gasteiger charge is -2.08. The quantitative estimate of drug-likeness (QED) is 0.712. The fraction of sp³-hybridized carbons (Fsp3) is 0.0556. The molecule has 0 fully saturated rings. The Bertz CT molecular complexity index is 740. The van der Waals surface area contributed by atoms with Crippen LogP contribution in [0.3, 0.4) is 0 Å². The first kappa shape index (κ1) is 12.6. The van der Waals surface area contributed by atoms with E-state index in [1.54, 1.807) is 0 Å². The molecular formula is C18H16N2. The molecule has 0 unspecified atom stereocenters. The first-order valence-corrected chi connectivity index (χ1v) is 6.69. The van der Waals surface area contributed by atoms with Gasteiger partial charge < -0.3 is 5.73 Å². The molecule has 0 amide bonds. The first-order chi connectivity index (χ1) is 9.88. The summed E-state index contributed by atoms with van der Waals surface area (Å²) in [6.07, 6.45) is 0. The third kappa shape index (κ3) is 2.46. The van der Waals surface area contributed by atoms with Crippen LogP contribution in [0.25, 0.3) is 10.8 Å². The lowest BCUT2D eigenvalue weighted by atomic mass is 10.0. The van der Waals surface area contributed by atoms with Crippen LogP contribution in [-0.2, 0) is 0 Å². The zero-order valence-electron chi connectivity index (χ0n) is 11.2. The van der Waals surface area contributed by atoms with E-state index in [4.69, 9.17) is 5.73 Å². The van der Waals surface area contributed by atoms with Crippen molar-refractivity contribution in [3.8, 4) is 0 Å². The maximum atomic E-state index is 5.91. The Morgan fingerprint density at radius 2 is 1.50 bits per heavy atom. The molecule has 0 saturated heterocycles. The number of para-hydroxylation sites is 1. The molecule has 98 valence electrons. The number of fused-ring (bicyclic) bond motifs is 1. The van der Waals surface area contributed by atoms with Crippen LogP contribution in [0.15, 0.2) is 77.8 Å². The third-order valence-corrected chi connectivity index (χ3v) is 3.31. The summed E-state index contributed by atoms with van der Waals surface area (Å²) < 4.78 is 0. The molecule has 20 heavy (non-hydrogen) atoms. The van der Waals surface area contributed by atoms with Crippen molar-refractivity contribution in [2.45, 2.75) is 0 Å². The zero-order valence-corrected chi connectivity index (χ0v) is 11.2. The van der Waals surface area contributed by atoms with Crippen molar-refractivity contribution < 1.29 is 0 Å². The van der Waals surface area contributed by atoms with E-state index >= 15 is 0 Å². The first-order valence-electron chi connectivity index (χ1n) is 6.69. The van der Waals surface area contributed by atoms with Gasteiger partial charge in [0, 0.05) is 12.1 Å². The molecular weight excluding hydrogens is 244 g/mol. The molecule has 0 atom stereocenters.